The first-order valence-electron chi connectivity index (χ1n) is 25.7. The Balaban J connectivity index is 0. The third-order valence-corrected chi connectivity index (χ3v) is 11.8. The van der Waals surface area contributed by atoms with Crippen molar-refractivity contribution in [3.8, 4) is 0 Å². The van der Waals surface area contributed by atoms with Gasteiger partial charge in [0.15, 0.2) is 0 Å². The largest absolute Gasteiger partial charge is 0.494 e. The van der Waals surface area contributed by atoms with E-state index in [4.69, 9.17) is 16.7 Å². The lowest BCUT2D eigenvalue weighted by Crippen LogP contribution is -2.34. The molecule has 0 aromatic carbocycles. The molecule has 0 atom stereocenters. The molecule has 61 heavy (non-hydrogen) atoms. The van der Waals surface area contributed by atoms with Crippen LogP contribution >= 0.6 is 0 Å². The number of carbonyl (C=O) groups excluding carboxylic acids is 2. The molecule has 0 unspecified atom stereocenters. The van der Waals surface area contributed by atoms with Gasteiger partial charge in [-0.05, 0) is 84.3 Å². The third-order valence-electron chi connectivity index (χ3n) is 11.8. The fourth-order valence-corrected chi connectivity index (χ4v) is 7.99. The number of nitrogens with zero attached hydrogens (tertiary/aromatic N) is 2. The molecule has 0 aromatic heterocycles. The van der Waals surface area contributed by atoms with Crippen LogP contribution in [0.25, 0.3) is 0 Å². The second-order valence-electron chi connectivity index (χ2n) is 17.7. The van der Waals surface area contributed by atoms with Crippen molar-refractivity contribution in [2.75, 3.05) is 52.4 Å². The number of alkyl halides is 3. The van der Waals surface area contributed by atoms with Gasteiger partial charge in [0.05, 0.1) is 0 Å². The van der Waals surface area contributed by atoms with Crippen LogP contribution in [0.4, 0.5) is 18.0 Å². The van der Waals surface area contributed by atoms with Gasteiger partial charge in [0.2, 0.25) is 0 Å². The minimum atomic E-state index is -5.10. The second-order valence-corrected chi connectivity index (χ2v) is 17.7. The van der Waals surface area contributed by atoms with Crippen molar-refractivity contribution in [2.45, 2.75) is 251 Å². The fraction of sp³-hybridized carbons (Fsp3) is 0.959. The summed E-state index contributed by atoms with van der Waals surface area (Å²) in [7, 11) is 0. The highest BCUT2D eigenvalue weighted by molar-refractivity contribution is 5.74. The number of hydrogen-bond donors (Lipinski definition) is 4. The Kier molecular flexibility index (Phi) is 49.8. The Labute approximate surface area is 374 Å². The summed E-state index contributed by atoms with van der Waals surface area (Å²) in [4.78, 5) is 28.1. The molecular weight excluding hydrogens is 780 g/mol. The molecule has 0 spiro atoms. The number of urea groups is 1. The lowest BCUT2D eigenvalue weighted by Gasteiger charge is -2.25. The Morgan fingerprint density at radius 2 is 0.705 bits per heavy atom. The molecule has 12 heteroatoms. The quantitative estimate of drug-likeness (QED) is 0.0272. The Morgan fingerprint density at radius 3 is 0.934 bits per heavy atom. The highest BCUT2D eigenvalue weighted by atomic mass is 19.4. The predicted octanol–water partition coefficient (Wildman–Crippen LogP) is 13.9. The van der Waals surface area contributed by atoms with Gasteiger partial charge in [-0.15, -0.1) is 0 Å². The van der Waals surface area contributed by atoms with E-state index in [0.717, 1.165) is 32.5 Å². The summed E-state index contributed by atoms with van der Waals surface area (Å²) in [5, 5.41) is 9.88. The van der Waals surface area contributed by atoms with Crippen LogP contribution in [-0.4, -0.2) is 85.6 Å². The summed E-state index contributed by atoms with van der Waals surface area (Å²) >= 11 is 0. The highest BCUT2D eigenvalue weighted by Gasteiger charge is 2.41. The zero-order valence-electron chi connectivity index (χ0n) is 40.0. The van der Waals surface area contributed by atoms with E-state index in [9.17, 15) is 22.8 Å². The van der Waals surface area contributed by atoms with Crippen molar-refractivity contribution >= 4 is 12.0 Å². The molecule has 2 amide bonds. The highest BCUT2D eigenvalue weighted by Crippen LogP contribution is 2.17. The standard InChI is InChI=1S/C47H99N5O.C2HF3O3/c1-3-5-7-9-11-13-15-17-19-21-23-25-27-29-31-33-41-51(45-37-39-48)43-35-36-44-52(46-38-40-50-47(49)53)42-34-32-30-28-26-24-22-20-18-16-14-12-10-8-6-4-2;3-2(4,5)1(6)8-7/h3-46,48H2,1-2H3,(H3,49,50,53);7H. The topological polar surface area (TPSA) is 134 Å². The zero-order valence-corrected chi connectivity index (χ0v) is 40.0. The van der Waals surface area contributed by atoms with Gasteiger partial charge in [0, 0.05) is 6.54 Å². The van der Waals surface area contributed by atoms with Crippen molar-refractivity contribution in [1.82, 2.24) is 15.1 Å². The first kappa shape index (κ1) is 61.5. The molecule has 0 saturated carbocycles. The molecule has 366 valence electrons. The van der Waals surface area contributed by atoms with Gasteiger partial charge >= 0.3 is 18.2 Å². The number of nitrogens with two attached hydrogens (primary N) is 2. The van der Waals surface area contributed by atoms with Crippen LogP contribution in [0.2, 0.25) is 0 Å². The lowest BCUT2D eigenvalue weighted by molar-refractivity contribution is -0.272. The van der Waals surface area contributed by atoms with Gasteiger partial charge in [0.1, 0.15) is 0 Å². The van der Waals surface area contributed by atoms with Crippen molar-refractivity contribution in [2.24, 2.45) is 11.5 Å². The number of unbranched alkanes of at least 4 members (excludes halogenated alkanes) is 31. The number of primary amides is 1. The molecule has 9 nitrogen and oxygen atoms in total. The lowest BCUT2D eigenvalue weighted by atomic mass is 10.0. The maximum Gasteiger partial charge on any atom is 0.494 e. The van der Waals surface area contributed by atoms with Crippen LogP contribution in [0.5, 0.6) is 0 Å². The summed E-state index contributed by atoms with van der Waals surface area (Å²) in [5.74, 6) is -2.61. The molecule has 6 N–H and O–H groups in total. The summed E-state index contributed by atoms with van der Waals surface area (Å²) in [5.41, 5.74) is 11.2. The normalized spacial score (nSPS) is 11.6. The van der Waals surface area contributed by atoms with Crippen LogP contribution in [-0.2, 0) is 9.68 Å². The molecular formula is C49H100F3N5O4. The first-order valence-corrected chi connectivity index (χ1v) is 25.7. The average Bonchev–Trinajstić information content (AvgIpc) is 3.24. The van der Waals surface area contributed by atoms with Gasteiger partial charge < -0.3 is 26.6 Å². The number of hydrogen-bond acceptors (Lipinski definition) is 7. The molecule has 0 saturated heterocycles. The van der Waals surface area contributed by atoms with Crippen molar-refractivity contribution in [1.29, 1.82) is 0 Å². The van der Waals surface area contributed by atoms with Crippen LogP contribution in [0.3, 0.4) is 0 Å². The smallest absolute Gasteiger partial charge is 0.352 e. The third kappa shape index (κ3) is 50.9. The maximum absolute atomic E-state index is 11.1. The zero-order chi connectivity index (χ0) is 45.3. The summed E-state index contributed by atoms with van der Waals surface area (Å²) in [6, 6.07) is -0.406. The van der Waals surface area contributed by atoms with Crippen molar-refractivity contribution in [3.63, 3.8) is 0 Å². The van der Waals surface area contributed by atoms with Gasteiger partial charge in [-0.25, -0.2) is 9.59 Å². The van der Waals surface area contributed by atoms with E-state index in [1.54, 1.807) is 0 Å². The van der Waals surface area contributed by atoms with E-state index < -0.39 is 18.2 Å². The summed E-state index contributed by atoms with van der Waals surface area (Å²) in [6.45, 7) is 13.1. The molecule has 0 heterocycles. The number of rotatable bonds is 46. The fourth-order valence-electron chi connectivity index (χ4n) is 7.99. The van der Waals surface area contributed by atoms with Crippen LogP contribution < -0.4 is 16.8 Å². The molecule has 0 aliphatic rings. The Hall–Kier alpha value is -1.63. The number of nitrogens with one attached hydrogen (secondary N) is 1. The van der Waals surface area contributed by atoms with E-state index in [0.29, 0.717) is 6.54 Å². The van der Waals surface area contributed by atoms with Crippen LogP contribution in [0.15, 0.2) is 0 Å². The molecule has 0 bridgehead atoms. The first-order chi connectivity index (χ1) is 29.6. The van der Waals surface area contributed by atoms with E-state index >= 15 is 0 Å². The van der Waals surface area contributed by atoms with E-state index in [1.807, 2.05) is 0 Å². The van der Waals surface area contributed by atoms with E-state index in [-0.39, 0.29) is 0 Å². The molecule has 0 rings (SSSR count). The number of carbonyl (C=O) groups is 2. The maximum atomic E-state index is 11.1. The van der Waals surface area contributed by atoms with Crippen molar-refractivity contribution in [3.05, 3.63) is 0 Å². The van der Waals surface area contributed by atoms with Gasteiger partial charge in [0.25, 0.3) is 0 Å². The van der Waals surface area contributed by atoms with Crippen LogP contribution in [0.1, 0.15) is 245 Å². The minimum absolute atomic E-state index is 0.406. The number of amides is 2. The van der Waals surface area contributed by atoms with Gasteiger partial charge in [-0.3, -0.25) is 4.89 Å². The molecule has 0 fully saturated rings. The molecule has 0 aliphatic heterocycles. The summed E-state index contributed by atoms with van der Waals surface area (Å²) in [6.07, 6.45) is 44.9. The summed E-state index contributed by atoms with van der Waals surface area (Å²) < 4.78 is 32.4. The molecule has 0 aliphatic carbocycles. The minimum Gasteiger partial charge on any atom is -0.352 e. The average molecular weight is 880 g/mol. The monoisotopic (exact) mass is 880 g/mol. The van der Waals surface area contributed by atoms with E-state index in [1.165, 1.54) is 244 Å². The number of halogens is 3. The molecule has 0 aromatic rings. The van der Waals surface area contributed by atoms with Crippen LogP contribution in [0, 0.1) is 0 Å². The van der Waals surface area contributed by atoms with Gasteiger partial charge in [-0.1, -0.05) is 206 Å². The molecule has 0 radical (unpaired) electrons. The Bertz CT molecular complexity index is 903. The second kappa shape index (κ2) is 49.4. The van der Waals surface area contributed by atoms with E-state index in [2.05, 4.69) is 33.9 Å². The van der Waals surface area contributed by atoms with Crippen molar-refractivity contribution < 1.29 is 32.9 Å². The SMILES string of the molecule is CCCCCCCCCCCCCCCCCCN(CCCN)CCCCN(CCCCCCCCCCCCCCCCCC)CCCNC(N)=O.O=C(OO)C(F)(F)F. The predicted molar refractivity (Wildman–Crippen MR) is 252 cm³/mol. The Morgan fingerprint density at radius 1 is 0.459 bits per heavy atom. The van der Waals surface area contributed by atoms with Gasteiger partial charge in [-0.2, -0.15) is 18.4 Å².